The van der Waals surface area contributed by atoms with Gasteiger partial charge in [-0.1, -0.05) is 62.9 Å². The average molecular weight is 300 g/mol. The van der Waals surface area contributed by atoms with Crippen molar-refractivity contribution in [2.45, 2.75) is 64.7 Å². The summed E-state index contributed by atoms with van der Waals surface area (Å²) in [4.78, 5) is 0. The number of unbranched alkanes of at least 4 members (excludes halogenated alkanes) is 5. The van der Waals surface area contributed by atoms with Crippen LogP contribution in [0, 0.1) is 0 Å². The van der Waals surface area contributed by atoms with Gasteiger partial charge in [0.05, 0.1) is 0 Å². The van der Waals surface area contributed by atoms with Gasteiger partial charge in [-0.3, -0.25) is 0 Å². The Morgan fingerprint density at radius 1 is 1.05 bits per heavy atom. The van der Waals surface area contributed by atoms with Gasteiger partial charge in [-0.15, -0.1) is 5.73 Å². The van der Waals surface area contributed by atoms with Crippen molar-refractivity contribution in [2.75, 3.05) is 13.6 Å². The SMILES string of the molecule is CCCCCCCC=C=C(CCCc1ccccc1)CNC. The van der Waals surface area contributed by atoms with Crippen molar-refractivity contribution in [2.24, 2.45) is 0 Å². The van der Waals surface area contributed by atoms with E-state index in [2.05, 4.69) is 54.4 Å². The maximum Gasteiger partial charge on any atom is 0.0237 e. The van der Waals surface area contributed by atoms with Gasteiger partial charge in [0.15, 0.2) is 0 Å². The summed E-state index contributed by atoms with van der Waals surface area (Å²) in [5, 5.41) is 3.27. The van der Waals surface area contributed by atoms with E-state index >= 15 is 0 Å². The summed E-state index contributed by atoms with van der Waals surface area (Å²) in [5.74, 6) is 0. The molecule has 0 bridgehead atoms. The highest BCUT2D eigenvalue weighted by atomic mass is 14.8. The van der Waals surface area contributed by atoms with Crippen LogP contribution in [-0.2, 0) is 6.42 Å². The van der Waals surface area contributed by atoms with Gasteiger partial charge in [0, 0.05) is 6.54 Å². The minimum Gasteiger partial charge on any atom is -0.315 e. The van der Waals surface area contributed by atoms with Crippen molar-refractivity contribution in [1.82, 2.24) is 5.32 Å². The lowest BCUT2D eigenvalue weighted by molar-refractivity contribution is 0.637. The first-order valence-electron chi connectivity index (χ1n) is 8.98. The van der Waals surface area contributed by atoms with Crippen molar-refractivity contribution in [3.05, 3.63) is 53.3 Å². The lowest BCUT2D eigenvalue weighted by atomic mass is 10.0. The van der Waals surface area contributed by atoms with Crippen LogP contribution in [0.25, 0.3) is 0 Å². The summed E-state index contributed by atoms with van der Waals surface area (Å²) in [7, 11) is 2.02. The zero-order chi connectivity index (χ0) is 15.9. The van der Waals surface area contributed by atoms with E-state index in [0.717, 1.165) is 19.4 Å². The van der Waals surface area contributed by atoms with Crippen LogP contribution in [0.15, 0.2) is 47.7 Å². The van der Waals surface area contributed by atoms with Crippen molar-refractivity contribution >= 4 is 0 Å². The number of hydrogen-bond acceptors (Lipinski definition) is 1. The molecule has 0 spiro atoms. The van der Waals surface area contributed by atoms with Crippen LogP contribution in [0.2, 0.25) is 0 Å². The second-order valence-corrected chi connectivity index (χ2v) is 6.02. The van der Waals surface area contributed by atoms with Gasteiger partial charge in [-0.05, 0) is 56.4 Å². The lowest BCUT2D eigenvalue weighted by Gasteiger charge is -2.04. The van der Waals surface area contributed by atoms with E-state index in [-0.39, 0.29) is 0 Å². The third-order valence-corrected chi connectivity index (χ3v) is 3.94. The molecule has 0 unspecified atom stereocenters. The van der Waals surface area contributed by atoms with Crippen LogP contribution in [0.3, 0.4) is 0 Å². The standard InChI is InChI=1S/C21H33N/c1-3-4-5-6-7-8-10-16-21(19-22-2)18-13-17-20-14-11-9-12-15-20/h9-12,14-15,22H,3-8,13,17-19H2,1-2H3. The Balaban J connectivity index is 2.28. The molecule has 0 aliphatic carbocycles. The molecule has 0 saturated carbocycles. The topological polar surface area (TPSA) is 12.0 Å². The maximum atomic E-state index is 3.53. The van der Waals surface area contributed by atoms with E-state index in [0.29, 0.717) is 0 Å². The molecule has 22 heavy (non-hydrogen) atoms. The van der Waals surface area contributed by atoms with Crippen molar-refractivity contribution in [3.8, 4) is 0 Å². The zero-order valence-corrected chi connectivity index (χ0v) is 14.5. The molecule has 1 aromatic carbocycles. The summed E-state index contributed by atoms with van der Waals surface area (Å²) < 4.78 is 0. The summed E-state index contributed by atoms with van der Waals surface area (Å²) in [6.07, 6.45) is 13.7. The summed E-state index contributed by atoms with van der Waals surface area (Å²) >= 11 is 0. The van der Waals surface area contributed by atoms with Crippen LogP contribution in [0.5, 0.6) is 0 Å². The fourth-order valence-corrected chi connectivity index (χ4v) is 2.64. The second-order valence-electron chi connectivity index (χ2n) is 6.02. The molecule has 0 atom stereocenters. The highest BCUT2D eigenvalue weighted by molar-refractivity contribution is 5.15. The number of aryl methyl sites for hydroxylation is 1. The monoisotopic (exact) mass is 299 g/mol. The van der Waals surface area contributed by atoms with Gasteiger partial charge >= 0.3 is 0 Å². The highest BCUT2D eigenvalue weighted by Crippen LogP contribution is 2.10. The quantitative estimate of drug-likeness (QED) is 0.387. The zero-order valence-electron chi connectivity index (χ0n) is 14.5. The second kappa shape index (κ2) is 13.4. The van der Waals surface area contributed by atoms with Crippen LogP contribution in [0.4, 0.5) is 0 Å². The molecule has 0 aliphatic heterocycles. The molecule has 1 nitrogen and oxygen atoms in total. The third-order valence-electron chi connectivity index (χ3n) is 3.94. The Hall–Kier alpha value is -1.30. The van der Waals surface area contributed by atoms with E-state index in [1.54, 1.807) is 0 Å². The van der Waals surface area contributed by atoms with Crippen molar-refractivity contribution in [1.29, 1.82) is 0 Å². The summed E-state index contributed by atoms with van der Waals surface area (Å²) in [6.45, 7) is 3.23. The van der Waals surface area contributed by atoms with Crippen molar-refractivity contribution < 1.29 is 0 Å². The molecule has 1 N–H and O–H groups in total. The van der Waals surface area contributed by atoms with Gasteiger partial charge in [0.2, 0.25) is 0 Å². The highest BCUT2D eigenvalue weighted by Gasteiger charge is 1.97. The Kier molecular flexibility index (Phi) is 11.4. The van der Waals surface area contributed by atoms with Crippen LogP contribution in [-0.4, -0.2) is 13.6 Å². The molecule has 0 aliphatic rings. The maximum absolute atomic E-state index is 3.53. The molecule has 1 rings (SSSR count). The van der Waals surface area contributed by atoms with Gasteiger partial charge < -0.3 is 5.32 Å². The van der Waals surface area contributed by atoms with Gasteiger partial charge in [-0.2, -0.15) is 0 Å². The summed E-state index contributed by atoms with van der Waals surface area (Å²) in [6, 6.07) is 10.8. The molecule has 0 amide bonds. The van der Waals surface area contributed by atoms with Crippen LogP contribution in [0.1, 0.15) is 63.9 Å². The molecular weight excluding hydrogens is 266 g/mol. The predicted molar refractivity (Wildman–Crippen MR) is 98.3 cm³/mol. The molecule has 1 aromatic rings. The van der Waals surface area contributed by atoms with Gasteiger partial charge in [0.1, 0.15) is 0 Å². The van der Waals surface area contributed by atoms with Gasteiger partial charge in [0.25, 0.3) is 0 Å². The number of nitrogens with one attached hydrogen (secondary N) is 1. The Bertz CT molecular complexity index is 426. The molecule has 122 valence electrons. The minimum atomic E-state index is 0.959. The molecule has 0 aromatic heterocycles. The van der Waals surface area contributed by atoms with Gasteiger partial charge in [-0.25, -0.2) is 0 Å². The van der Waals surface area contributed by atoms with Crippen molar-refractivity contribution in [3.63, 3.8) is 0 Å². The first-order chi connectivity index (χ1) is 10.9. The minimum absolute atomic E-state index is 0.959. The average Bonchev–Trinajstić information content (AvgIpc) is 2.55. The molecule has 0 heterocycles. The Labute approximate surface area is 137 Å². The molecule has 0 radical (unpaired) electrons. The third kappa shape index (κ3) is 9.60. The number of hydrogen-bond donors (Lipinski definition) is 1. The fraction of sp³-hybridized carbons (Fsp3) is 0.571. The summed E-state index contributed by atoms with van der Waals surface area (Å²) in [5.41, 5.74) is 6.37. The fourth-order valence-electron chi connectivity index (χ4n) is 2.64. The smallest absolute Gasteiger partial charge is 0.0237 e. The largest absolute Gasteiger partial charge is 0.315 e. The molecule has 0 fully saturated rings. The van der Waals surface area contributed by atoms with E-state index in [1.807, 2.05) is 7.05 Å². The molecule has 0 saturated heterocycles. The number of rotatable bonds is 12. The Morgan fingerprint density at radius 3 is 2.55 bits per heavy atom. The van der Waals surface area contributed by atoms with E-state index in [9.17, 15) is 0 Å². The predicted octanol–water partition coefficient (Wildman–Crippen LogP) is 5.67. The number of likely N-dealkylation sites (N-methyl/N-ethyl adjacent to an activating group) is 1. The van der Waals surface area contributed by atoms with Crippen LogP contribution < -0.4 is 5.32 Å². The molecule has 1 heteroatoms. The van der Waals surface area contributed by atoms with E-state index in [1.165, 1.54) is 56.1 Å². The normalized spacial score (nSPS) is 10.3. The first-order valence-corrected chi connectivity index (χ1v) is 8.98. The number of benzene rings is 1. The molecular formula is C21H33N. The van der Waals surface area contributed by atoms with Crippen LogP contribution >= 0.6 is 0 Å². The van der Waals surface area contributed by atoms with E-state index in [4.69, 9.17) is 0 Å². The first kappa shape index (κ1) is 18.7. The van der Waals surface area contributed by atoms with E-state index < -0.39 is 0 Å². The Morgan fingerprint density at radius 2 is 1.82 bits per heavy atom. The lowest BCUT2D eigenvalue weighted by Crippen LogP contribution is -2.10.